The maximum absolute atomic E-state index is 13.0. The number of aromatic nitrogens is 1. The maximum atomic E-state index is 13.0. The molecule has 140 valence electrons. The molecule has 3 rings (SSSR count). The maximum Gasteiger partial charge on any atom is 0.266 e. The van der Waals surface area contributed by atoms with Crippen molar-refractivity contribution in [3.8, 4) is 11.8 Å². The number of benzene rings is 2. The average Bonchev–Trinajstić information content (AvgIpc) is 2.95. The smallest absolute Gasteiger partial charge is 0.266 e. The molecule has 0 aliphatic rings. The van der Waals surface area contributed by atoms with Crippen molar-refractivity contribution in [2.24, 2.45) is 0 Å². The van der Waals surface area contributed by atoms with Gasteiger partial charge in [0, 0.05) is 27.8 Å². The summed E-state index contributed by atoms with van der Waals surface area (Å²) >= 11 is 5.96. The molecule has 1 amide bonds. The number of hydrogen-bond acceptors (Lipinski definition) is 2. The first kappa shape index (κ1) is 19.4. The number of aryl methyl sites for hydroxylation is 1. The normalized spacial score (nSPS) is 11.2. The summed E-state index contributed by atoms with van der Waals surface area (Å²) in [6, 6.07) is 16.6. The number of nitrogens with zero attached hydrogens (tertiary/aromatic N) is 2. The van der Waals surface area contributed by atoms with Crippen molar-refractivity contribution in [2.45, 2.75) is 13.8 Å². The first-order valence-corrected chi connectivity index (χ1v) is 8.90. The molecular weight excluding hydrogens is 377 g/mol. The summed E-state index contributed by atoms with van der Waals surface area (Å²) in [6.07, 6.45) is 1.55. The van der Waals surface area contributed by atoms with Crippen LogP contribution < -0.4 is 5.32 Å². The highest BCUT2D eigenvalue weighted by molar-refractivity contribution is 6.30. The van der Waals surface area contributed by atoms with Crippen LogP contribution in [0.4, 0.5) is 10.1 Å². The molecule has 0 aliphatic carbocycles. The van der Waals surface area contributed by atoms with E-state index in [9.17, 15) is 14.4 Å². The molecule has 0 bridgehead atoms. The topological polar surface area (TPSA) is 57.8 Å². The molecule has 6 heteroatoms. The predicted molar refractivity (Wildman–Crippen MR) is 109 cm³/mol. The van der Waals surface area contributed by atoms with Gasteiger partial charge in [-0.15, -0.1) is 0 Å². The molecule has 0 radical (unpaired) electrons. The van der Waals surface area contributed by atoms with E-state index in [1.165, 1.54) is 24.3 Å². The van der Waals surface area contributed by atoms with Gasteiger partial charge in [0.2, 0.25) is 0 Å². The SMILES string of the molecule is Cc1cc(/C=C(/C#N)C(=O)Nc2ccc(F)cc2)c(C)n1-c1ccc(Cl)cc1. The molecule has 3 aromatic rings. The van der Waals surface area contributed by atoms with Gasteiger partial charge >= 0.3 is 0 Å². The van der Waals surface area contributed by atoms with Gasteiger partial charge in [0.05, 0.1) is 0 Å². The molecule has 4 nitrogen and oxygen atoms in total. The minimum Gasteiger partial charge on any atom is -0.321 e. The van der Waals surface area contributed by atoms with E-state index in [1.807, 2.05) is 54.8 Å². The molecule has 2 aromatic carbocycles. The largest absolute Gasteiger partial charge is 0.321 e. The first-order valence-electron chi connectivity index (χ1n) is 8.52. The van der Waals surface area contributed by atoms with Crippen molar-refractivity contribution in [3.63, 3.8) is 0 Å². The van der Waals surface area contributed by atoms with Gasteiger partial charge in [-0.2, -0.15) is 5.26 Å². The zero-order valence-electron chi connectivity index (χ0n) is 15.3. The lowest BCUT2D eigenvalue weighted by Crippen LogP contribution is -2.13. The Morgan fingerprint density at radius 3 is 2.39 bits per heavy atom. The molecule has 0 atom stereocenters. The molecule has 0 saturated heterocycles. The van der Waals surface area contributed by atoms with Crippen molar-refractivity contribution in [2.75, 3.05) is 5.32 Å². The van der Waals surface area contributed by atoms with Gasteiger partial charge in [-0.25, -0.2) is 4.39 Å². The third-order valence-corrected chi connectivity index (χ3v) is 4.57. The highest BCUT2D eigenvalue weighted by Crippen LogP contribution is 2.24. The Balaban J connectivity index is 1.91. The van der Waals surface area contributed by atoms with Crippen LogP contribution in [-0.2, 0) is 4.79 Å². The minimum atomic E-state index is -0.551. The molecule has 0 saturated carbocycles. The summed E-state index contributed by atoms with van der Waals surface area (Å²) in [5.41, 5.74) is 3.93. The van der Waals surface area contributed by atoms with Gasteiger partial charge in [0.15, 0.2) is 0 Å². The van der Waals surface area contributed by atoms with E-state index in [0.717, 1.165) is 22.6 Å². The number of carbonyl (C=O) groups excluding carboxylic acids is 1. The lowest BCUT2D eigenvalue weighted by molar-refractivity contribution is -0.112. The number of nitriles is 1. The third kappa shape index (κ3) is 4.13. The molecule has 0 spiro atoms. The van der Waals surface area contributed by atoms with E-state index in [-0.39, 0.29) is 5.57 Å². The fourth-order valence-electron chi connectivity index (χ4n) is 2.96. The Bertz CT molecular complexity index is 1090. The molecule has 1 heterocycles. The van der Waals surface area contributed by atoms with Crippen LogP contribution in [0.25, 0.3) is 11.8 Å². The quantitative estimate of drug-likeness (QED) is 0.474. The second-order valence-corrected chi connectivity index (χ2v) is 6.71. The van der Waals surface area contributed by atoms with Crippen molar-refractivity contribution in [1.29, 1.82) is 5.26 Å². The molecular formula is C22H17ClFN3O. The summed E-state index contributed by atoms with van der Waals surface area (Å²) in [7, 11) is 0. The average molecular weight is 394 g/mol. The predicted octanol–water partition coefficient (Wildman–Crippen LogP) is 5.43. The van der Waals surface area contributed by atoms with E-state index < -0.39 is 11.7 Å². The standard InChI is InChI=1S/C22H17ClFN3O/c1-14-11-16(15(2)27(14)21-9-3-18(23)4-10-21)12-17(13-25)22(28)26-20-7-5-19(24)6-8-20/h3-12H,1-2H3,(H,26,28)/b17-12-. The molecule has 0 unspecified atom stereocenters. The number of hydrogen-bond donors (Lipinski definition) is 1. The van der Waals surface area contributed by atoms with E-state index in [4.69, 9.17) is 11.6 Å². The summed E-state index contributed by atoms with van der Waals surface area (Å²) in [5, 5.41) is 12.7. The Labute approximate surface area is 167 Å². The second-order valence-electron chi connectivity index (χ2n) is 6.27. The van der Waals surface area contributed by atoms with Gasteiger partial charge in [-0.05, 0) is 80.1 Å². The van der Waals surface area contributed by atoms with Gasteiger partial charge < -0.3 is 9.88 Å². The highest BCUT2D eigenvalue weighted by Gasteiger charge is 2.14. The van der Waals surface area contributed by atoms with Crippen molar-refractivity contribution >= 4 is 29.3 Å². The minimum absolute atomic E-state index is 0.0410. The monoisotopic (exact) mass is 393 g/mol. The van der Waals surface area contributed by atoms with E-state index >= 15 is 0 Å². The van der Waals surface area contributed by atoms with E-state index in [2.05, 4.69) is 5.32 Å². The lowest BCUT2D eigenvalue weighted by atomic mass is 10.1. The Morgan fingerprint density at radius 1 is 1.14 bits per heavy atom. The lowest BCUT2D eigenvalue weighted by Gasteiger charge is -2.09. The summed E-state index contributed by atoms with van der Waals surface area (Å²) in [6.45, 7) is 3.86. The molecule has 1 N–H and O–H groups in total. The summed E-state index contributed by atoms with van der Waals surface area (Å²) < 4.78 is 15.0. The van der Waals surface area contributed by atoms with Gasteiger partial charge in [0.25, 0.3) is 5.91 Å². The van der Waals surface area contributed by atoms with Crippen molar-refractivity contribution in [3.05, 3.63) is 88.0 Å². The Kier molecular flexibility index (Phi) is 5.62. The van der Waals surface area contributed by atoms with Crippen LogP contribution in [0.15, 0.2) is 60.2 Å². The zero-order valence-corrected chi connectivity index (χ0v) is 16.1. The van der Waals surface area contributed by atoms with Crippen LogP contribution in [-0.4, -0.2) is 10.5 Å². The molecule has 0 aliphatic heterocycles. The Hall–Kier alpha value is -3.36. The molecule has 28 heavy (non-hydrogen) atoms. The van der Waals surface area contributed by atoms with Gasteiger partial charge in [-0.1, -0.05) is 11.6 Å². The highest BCUT2D eigenvalue weighted by atomic mass is 35.5. The van der Waals surface area contributed by atoms with Gasteiger partial charge in [-0.3, -0.25) is 4.79 Å². The van der Waals surface area contributed by atoms with Crippen LogP contribution in [0.1, 0.15) is 17.0 Å². The van der Waals surface area contributed by atoms with Crippen molar-refractivity contribution < 1.29 is 9.18 Å². The number of halogens is 2. The first-order chi connectivity index (χ1) is 13.4. The van der Waals surface area contributed by atoms with Crippen LogP contribution in [0.5, 0.6) is 0 Å². The third-order valence-electron chi connectivity index (χ3n) is 4.32. The summed E-state index contributed by atoms with van der Waals surface area (Å²) in [4.78, 5) is 12.4. The van der Waals surface area contributed by atoms with Crippen LogP contribution >= 0.6 is 11.6 Å². The second kappa shape index (κ2) is 8.12. The Morgan fingerprint density at radius 2 is 1.79 bits per heavy atom. The fourth-order valence-corrected chi connectivity index (χ4v) is 3.08. The molecule has 1 aromatic heterocycles. The zero-order chi connectivity index (χ0) is 20.3. The number of amides is 1. The van der Waals surface area contributed by atoms with Gasteiger partial charge in [0.1, 0.15) is 17.5 Å². The van der Waals surface area contributed by atoms with Crippen molar-refractivity contribution in [1.82, 2.24) is 4.57 Å². The van der Waals surface area contributed by atoms with E-state index in [0.29, 0.717) is 10.7 Å². The molecule has 0 fully saturated rings. The van der Waals surface area contributed by atoms with E-state index in [1.54, 1.807) is 6.08 Å². The van der Waals surface area contributed by atoms with Crippen LogP contribution in [0.3, 0.4) is 0 Å². The fraction of sp³-hybridized carbons (Fsp3) is 0.0909. The number of anilines is 1. The van der Waals surface area contributed by atoms with Crippen LogP contribution in [0, 0.1) is 31.0 Å². The number of rotatable bonds is 4. The summed E-state index contributed by atoms with van der Waals surface area (Å²) in [5.74, 6) is -0.950. The van der Waals surface area contributed by atoms with Crippen LogP contribution in [0.2, 0.25) is 5.02 Å². The number of carbonyl (C=O) groups is 1. The number of nitrogens with one attached hydrogen (secondary N) is 1.